The second-order valence-electron chi connectivity index (χ2n) is 3.73. The van der Waals surface area contributed by atoms with Gasteiger partial charge in [0.1, 0.15) is 0 Å². The average Bonchev–Trinajstić information content (AvgIpc) is 2.31. The van der Waals surface area contributed by atoms with E-state index in [4.69, 9.17) is 33.7 Å². The lowest BCUT2D eigenvalue weighted by Gasteiger charge is -2.11. The Bertz CT molecular complexity index is 466. The molecule has 1 rings (SSSR count). The van der Waals surface area contributed by atoms with Crippen LogP contribution in [0.5, 0.6) is 0 Å². The summed E-state index contributed by atoms with van der Waals surface area (Å²) in [6, 6.07) is 2.68. The van der Waals surface area contributed by atoms with Crippen molar-refractivity contribution in [3.8, 4) is 0 Å². The number of likely N-dealkylation sites (N-methyl/N-ethyl adjacent to an activating group) is 1. The van der Waals surface area contributed by atoms with Crippen LogP contribution in [0, 0.1) is 0 Å². The van der Waals surface area contributed by atoms with Gasteiger partial charge in [-0.3, -0.25) is 4.79 Å². The van der Waals surface area contributed by atoms with Crippen molar-refractivity contribution in [1.82, 2.24) is 4.90 Å². The minimum absolute atomic E-state index is 0.147. The van der Waals surface area contributed by atoms with Crippen molar-refractivity contribution in [2.24, 2.45) is 0 Å². The van der Waals surface area contributed by atoms with Gasteiger partial charge in [0.15, 0.2) is 6.61 Å². The lowest BCUT2D eigenvalue weighted by molar-refractivity contribution is -0.131. The van der Waals surface area contributed by atoms with Crippen LogP contribution in [0.2, 0.25) is 10.0 Å². The maximum Gasteiger partial charge on any atom is 0.338 e. The zero-order chi connectivity index (χ0) is 13.9. The van der Waals surface area contributed by atoms with E-state index in [0.717, 1.165) is 0 Å². The molecule has 0 spiro atoms. The molecular weight excluding hydrogens is 279 g/mol. The summed E-state index contributed by atoms with van der Waals surface area (Å²) in [6.07, 6.45) is 0. The first-order valence-electron chi connectivity index (χ1n) is 4.94. The molecule has 5 nitrogen and oxygen atoms in total. The molecule has 0 heterocycles. The zero-order valence-electron chi connectivity index (χ0n) is 9.87. The number of hydrogen-bond acceptors (Lipinski definition) is 4. The largest absolute Gasteiger partial charge is 0.452 e. The maximum absolute atomic E-state index is 11.6. The number of amides is 1. The number of carbonyl (C=O) groups excluding carboxylic acids is 2. The maximum atomic E-state index is 11.6. The number of rotatable bonds is 3. The van der Waals surface area contributed by atoms with E-state index in [2.05, 4.69) is 0 Å². The molecular formula is C11H12Cl2N2O3. The Labute approximate surface area is 114 Å². The summed E-state index contributed by atoms with van der Waals surface area (Å²) in [7, 11) is 3.13. The Balaban J connectivity index is 2.77. The van der Waals surface area contributed by atoms with Gasteiger partial charge in [0, 0.05) is 14.1 Å². The molecule has 2 N–H and O–H groups in total. The number of hydrogen-bond donors (Lipinski definition) is 1. The van der Waals surface area contributed by atoms with Crippen LogP contribution < -0.4 is 5.73 Å². The van der Waals surface area contributed by atoms with Crippen molar-refractivity contribution < 1.29 is 14.3 Å². The van der Waals surface area contributed by atoms with Crippen molar-refractivity contribution in [1.29, 1.82) is 0 Å². The van der Waals surface area contributed by atoms with Crippen molar-refractivity contribution in [3.05, 3.63) is 27.7 Å². The third-order valence-electron chi connectivity index (χ3n) is 2.12. The number of benzene rings is 1. The summed E-state index contributed by atoms with van der Waals surface area (Å²) in [5.41, 5.74) is 5.89. The lowest BCUT2D eigenvalue weighted by Crippen LogP contribution is -2.27. The highest BCUT2D eigenvalue weighted by Gasteiger charge is 2.14. The van der Waals surface area contributed by atoms with Gasteiger partial charge in [-0.05, 0) is 12.1 Å². The Hall–Kier alpha value is -1.46. The first kappa shape index (κ1) is 14.6. The number of nitrogens with zero attached hydrogens (tertiary/aromatic N) is 1. The molecule has 1 aromatic carbocycles. The van der Waals surface area contributed by atoms with Crippen LogP contribution in [0.15, 0.2) is 12.1 Å². The molecule has 0 saturated carbocycles. The number of nitrogen functional groups attached to an aromatic ring is 1. The first-order valence-corrected chi connectivity index (χ1v) is 5.70. The number of halogens is 2. The van der Waals surface area contributed by atoms with E-state index in [-0.39, 0.29) is 33.8 Å². The standard InChI is InChI=1S/C11H12Cl2N2O3/c1-15(2)9(16)5-18-11(17)6-3-7(12)10(13)8(14)4-6/h3-4H,5,14H2,1-2H3. The number of carbonyl (C=O) groups is 2. The molecule has 98 valence electrons. The minimum Gasteiger partial charge on any atom is -0.452 e. The van der Waals surface area contributed by atoms with E-state index in [1.807, 2.05) is 0 Å². The smallest absolute Gasteiger partial charge is 0.338 e. The third kappa shape index (κ3) is 3.51. The molecule has 0 unspecified atom stereocenters. The highest BCUT2D eigenvalue weighted by Crippen LogP contribution is 2.29. The molecule has 0 aliphatic carbocycles. The molecule has 0 fully saturated rings. The quantitative estimate of drug-likeness (QED) is 0.681. The number of ether oxygens (including phenoxy) is 1. The van der Waals surface area contributed by atoms with Crippen molar-refractivity contribution in [2.75, 3.05) is 26.4 Å². The van der Waals surface area contributed by atoms with Gasteiger partial charge < -0.3 is 15.4 Å². The first-order chi connectivity index (χ1) is 8.32. The summed E-state index contributed by atoms with van der Waals surface area (Å²) < 4.78 is 4.81. The van der Waals surface area contributed by atoms with Gasteiger partial charge in [0.05, 0.1) is 21.3 Å². The fourth-order valence-corrected chi connectivity index (χ4v) is 1.40. The molecule has 0 saturated heterocycles. The highest BCUT2D eigenvalue weighted by molar-refractivity contribution is 6.43. The van der Waals surface area contributed by atoms with Crippen LogP contribution in [0.25, 0.3) is 0 Å². The Morgan fingerprint density at radius 2 is 1.94 bits per heavy atom. The number of esters is 1. The number of anilines is 1. The lowest BCUT2D eigenvalue weighted by atomic mass is 10.2. The van der Waals surface area contributed by atoms with Crippen LogP contribution in [0.3, 0.4) is 0 Å². The number of nitrogens with two attached hydrogens (primary N) is 1. The zero-order valence-corrected chi connectivity index (χ0v) is 11.4. The molecule has 1 aromatic rings. The van der Waals surface area contributed by atoms with Crippen molar-refractivity contribution >= 4 is 40.8 Å². The summed E-state index contributed by atoms with van der Waals surface area (Å²) >= 11 is 11.5. The molecule has 0 aliphatic rings. The van der Waals surface area contributed by atoms with Gasteiger partial charge >= 0.3 is 5.97 Å². The monoisotopic (exact) mass is 290 g/mol. The molecule has 0 aliphatic heterocycles. The Morgan fingerprint density at radius 3 is 2.44 bits per heavy atom. The summed E-state index contributed by atoms with van der Waals surface area (Å²) in [5, 5.41) is 0.333. The fourth-order valence-electron chi connectivity index (χ4n) is 1.07. The van der Waals surface area contributed by atoms with Gasteiger partial charge in [-0.25, -0.2) is 4.79 Å². The molecule has 7 heteroatoms. The second-order valence-corrected chi connectivity index (χ2v) is 4.51. The third-order valence-corrected chi connectivity index (χ3v) is 2.93. The van der Waals surface area contributed by atoms with E-state index in [1.165, 1.54) is 17.0 Å². The highest BCUT2D eigenvalue weighted by atomic mass is 35.5. The molecule has 0 atom stereocenters. The Morgan fingerprint density at radius 1 is 1.33 bits per heavy atom. The normalized spacial score (nSPS) is 10.0. The molecule has 0 radical (unpaired) electrons. The second kappa shape index (κ2) is 5.93. The van der Waals surface area contributed by atoms with E-state index in [9.17, 15) is 9.59 Å². The van der Waals surface area contributed by atoms with E-state index in [1.54, 1.807) is 14.1 Å². The molecule has 18 heavy (non-hydrogen) atoms. The van der Waals surface area contributed by atoms with E-state index < -0.39 is 5.97 Å². The van der Waals surface area contributed by atoms with Crippen LogP contribution in [-0.2, 0) is 9.53 Å². The molecule has 1 amide bonds. The SMILES string of the molecule is CN(C)C(=O)COC(=O)c1cc(N)c(Cl)c(Cl)c1. The predicted octanol–water partition coefficient (Wildman–Crippen LogP) is 1.82. The summed E-state index contributed by atoms with van der Waals surface area (Å²) in [4.78, 5) is 24.2. The van der Waals surface area contributed by atoms with Crippen LogP contribution >= 0.6 is 23.2 Å². The molecule has 0 aromatic heterocycles. The minimum atomic E-state index is -0.685. The van der Waals surface area contributed by atoms with Gasteiger partial charge in [-0.1, -0.05) is 23.2 Å². The van der Waals surface area contributed by atoms with Gasteiger partial charge in [-0.2, -0.15) is 0 Å². The van der Waals surface area contributed by atoms with E-state index >= 15 is 0 Å². The van der Waals surface area contributed by atoms with Gasteiger partial charge in [-0.15, -0.1) is 0 Å². The predicted molar refractivity (Wildman–Crippen MR) is 69.9 cm³/mol. The summed E-state index contributed by atoms with van der Waals surface area (Å²) in [6.45, 7) is -0.341. The van der Waals surface area contributed by atoms with E-state index in [0.29, 0.717) is 0 Å². The van der Waals surface area contributed by atoms with Gasteiger partial charge in [0.25, 0.3) is 5.91 Å². The van der Waals surface area contributed by atoms with Crippen LogP contribution in [-0.4, -0.2) is 37.5 Å². The van der Waals surface area contributed by atoms with Crippen molar-refractivity contribution in [3.63, 3.8) is 0 Å². The van der Waals surface area contributed by atoms with Gasteiger partial charge in [0.2, 0.25) is 0 Å². The average molecular weight is 291 g/mol. The topological polar surface area (TPSA) is 72.6 Å². The Kier molecular flexibility index (Phi) is 4.81. The summed E-state index contributed by atoms with van der Waals surface area (Å²) in [5.74, 6) is -1.01. The van der Waals surface area contributed by atoms with Crippen LogP contribution in [0.1, 0.15) is 10.4 Å². The fraction of sp³-hybridized carbons (Fsp3) is 0.273. The molecule has 0 bridgehead atoms. The van der Waals surface area contributed by atoms with Crippen LogP contribution in [0.4, 0.5) is 5.69 Å². The van der Waals surface area contributed by atoms with Crippen molar-refractivity contribution in [2.45, 2.75) is 0 Å².